The van der Waals surface area contributed by atoms with Crippen molar-refractivity contribution in [3.05, 3.63) is 52.5 Å². The number of pyridine rings is 1. The molecule has 2 heterocycles. The van der Waals surface area contributed by atoms with Crippen LogP contribution in [0.15, 0.2) is 35.5 Å². The van der Waals surface area contributed by atoms with E-state index in [2.05, 4.69) is 26.8 Å². The summed E-state index contributed by atoms with van der Waals surface area (Å²) in [7, 11) is 1.88. The third kappa shape index (κ3) is 2.29. The van der Waals surface area contributed by atoms with Gasteiger partial charge in [0.05, 0.1) is 6.04 Å². The number of H-pyrrole nitrogens is 1. The third-order valence-corrected chi connectivity index (χ3v) is 2.78. The minimum absolute atomic E-state index is 0.0122. The molecule has 17 heavy (non-hydrogen) atoms. The van der Waals surface area contributed by atoms with Crippen molar-refractivity contribution in [2.24, 2.45) is 0 Å². The van der Waals surface area contributed by atoms with Gasteiger partial charge in [-0.05, 0) is 19.5 Å². The molecule has 2 aromatic heterocycles. The number of hydrogen-bond donors (Lipinski definition) is 2. The van der Waals surface area contributed by atoms with Crippen molar-refractivity contribution >= 4 is 0 Å². The number of imidazole rings is 1. The van der Waals surface area contributed by atoms with Crippen molar-refractivity contribution in [3.8, 4) is 0 Å². The maximum absolute atomic E-state index is 11.0. The Bertz CT molecular complexity index is 523. The molecule has 0 fully saturated rings. The molecule has 1 unspecified atom stereocenters. The van der Waals surface area contributed by atoms with Crippen LogP contribution in [0.25, 0.3) is 0 Å². The quantitative estimate of drug-likeness (QED) is 0.823. The van der Waals surface area contributed by atoms with Crippen molar-refractivity contribution < 1.29 is 0 Å². The molecule has 0 bridgehead atoms. The highest BCUT2D eigenvalue weighted by Gasteiger charge is 2.16. The normalized spacial score (nSPS) is 12.6. The second-order valence-electron chi connectivity index (χ2n) is 3.78. The summed E-state index contributed by atoms with van der Waals surface area (Å²) in [6.45, 7) is 2.95. The van der Waals surface area contributed by atoms with E-state index in [-0.39, 0.29) is 11.6 Å². The molecule has 0 spiro atoms. The highest BCUT2D eigenvalue weighted by molar-refractivity contribution is 5.21. The van der Waals surface area contributed by atoms with Crippen LogP contribution in [0, 0.1) is 0 Å². The SMILES string of the molecule is CCn1ccnc1C(NC)c1ccc(=O)[nH]c1. The first-order valence-electron chi connectivity index (χ1n) is 5.63. The Kier molecular flexibility index (Phi) is 3.39. The van der Waals surface area contributed by atoms with Gasteiger partial charge < -0.3 is 14.9 Å². The number of aromatic nitrogens is 3. The maximum Gasteiger partial charge on any atom is 0.247 e. The summed E-state index contributed by atoms with van der Waals surface area (Å²) >= 11 is 0. The standard InChI is InChI=1S/C12H16N4O/c1-3-16-7-6-14-12(16)11(13-2)9-4-5-10(17)15-8-9/h4-8,11,13H,3H2,1-2H3,(H,15,17). The van der Waals surface area contributed by atoms with Gasteiger partial charge in [-0.3, -0.25) is 4.79 Å². The predicted octanol–water partition coefficient (Wildman–Crippen LogP) is 0.900. The molecule has 0 radical (unpaired) electrons. The first-order chi connectivity index (χ1) is 8.26. The van der Waals surface area contributed by atoms with E-state index in [9.17, 15) is 4.79 Å². The van der Waals surface area contributed by atoms with Gasteiger partial charge in [-0.25, -0.2) is 4.98 Å². The molecule has 0 aliphatic carbocycles. The summed E-state index contributed by atoms with van der Waals surface area (Å²) in [4.78, 5) is 18.1. The number of nitrogens with one attached hydrogen (secondary N) is 2. The summed E-state index contributed by atoms with van der Waals surface area (Å²) < 4.78 is 2.08. The molecule has 2 aromatic rings. The second-order valence-corrected chi connectivity index (χ2v) is 3.78. The molecule has 0 saturated carbocycles. The van der Waals surface area contributed by atoms with Gasteiger partial charge in [0.1, 0.15) is 5.82 Å². The molecule has 2 rings (SSSR count). The first kappa shape index (κ1) is 11.6. The average molecular weight is 232 g/mol. The van der Waals surface area contributed by atoms with Gasteiger partial charge in [0.25, 0.3) is 0 Å². The van der Waals surface area contributed by atoms with Gasteiger partial charge in [-0.1, -0.05) is 6.07 Å². The lowest BCUT2D eigenvalue weighted by Crippen LogP contribution is -2.22. The topological polar surface area (TPSA) is 62.7 Å². The summed E-state index contributed by atoms with van der Waals surface area (Å²) in [5.74, 6) is 0.946. The van der Waals surface area contributed by atoms with E-state index in [0.29, 0.717) is 0 Å². The van der Waals surface area contributed by atoms with Crippen molar-refractivity contribution in [2.75, 3.05) is 7.05 Å². The van der Waals surface area contributed by atoms with Crippen LogP contribution in [0.3, 0.4) is 0 Å². The fraction of sp³-hybridized carbons (Fsp3) is 0.333. The molecular formula is C12H16N4O. The summed E-state index contributed by atoms with van der Waals surface area (Å²) in [5, 5.41) is 3.21. The van der Waals surface area contributed by atoms with Crippen LogP contribution in [0.1, 0.15) is 24.4 Å². The minimum atomic E-state index is -0.0950. The predicted molar refractivity (Wildman–Crippen MR) is 65.9 cm³/mol. The molecule has 0 saturated heterocycles. The van der Waals surface area contributed by atoms with E-state index in [1.807, 2.05) is 19.3 Å². The van der Waals surface area contributed by atoms with E-state index >= 15 is 0 Å². The van der Waals surface area contributed by atoms with Crippen molar-refractivity contribution in [2.45, 2.75) is 19.5 Å². The largest absolute Gasteiger partial charge is 0.334 e. The lowest BCUT2D eigenvalue weighted by Gasteiger charge is -2.17. The monoisotopic (exact) mass is 232 g/mol. The van der Waals surface area contributed by atoms with E-state index in [0.717, 1.165) is 17.9 Å². The van der Waals surface area contributed by atoms with Crippen LogP contribution >= 0.6 is 0 Å². The van der Waals surface area contributed by atoms with Gasteiger partial charge in [0.2, 0.25) is 5.56 Å². The molecule has 90 valence electrons. The Morgan fingerprint density at radius 2 is 2.35 bits per heavy atom. The van der Waals surface area contributed by atoms with Crippen LogP contribution < -0.4 is 10.9 Å². The Balaban J connectivity index is 2.40. The van der Waals surface area contributed by atoms with Gasteiger partial charge in [-0.2, -0.15) is 0 Å². The van der Waals surface area contributed by atoms with Crippen molar-refractivity contribution in [1.29, 1.82) is 0 Å². The second kappa shape index (κ2) is 4.97. The van der Waals surface area contributed by atoms with Crippen LogP contribution in [0.2, 0.25) is 0 Å². The van der Waals surface area contributed by atoms with Crippen LogP contribution in [-0.2, 0) is 6.54 Å². The molecule has 0 amide bonds. The fourth-order valence-corrected chi connectivity index (χ4v) is 1.90. The lowest BCUT2D eigenvalue weighted by atomic mass is 10.1. The summed E-state index contributed by atoms with van der Waals surface area (Å²) in [5.41, 5.74) is 0.899. The fourth-order valence-electron chi connectivity index (χ4n) is 1.90. The van der Waals surface area contributed by atoms with E-state index in [1.54, 1.807) is 12.4 Å². The number of nitrogens with zero attached hydrogens (tertiary/aromatic N) is 2. The van der Waals surface area contributed by atoms with Gasteiger partial charge >= 0.3 is 0 Å². The van der Waals surface area contributed by atoms with Gasteiger partial charge in [0, 0.05) is 31.2 Å². The van der Waals surface area contributed by atoms with E-state index in [4.69, 9.17) is 0 Å². The smallest absolute Gasteiger partial charge is 0.247 e. The summed E-state index contributed by atoms with van der Waals surface area (Å²) in [6, 6.07) is 3.33. The van der Waals surface area contributed by atoms with Crippen molar-refractivity contribution in [3.63, 3.8) is 0 Å². The highest BCUT2D eigenvalue weighted by atomic mass is 16.1. The average Bonchev–Trinajstić information content (AvgIpc) is 2.81. The molecule has 1 atom stereocenters. The van der Waals surface area contributed by atoms with Gasteiger partial charge in [-0.15, -0.1) is 0 Å². The molecule has 2 N–H and O–H groups in total. The Morgan fingerprint density at radius 1 is 1.53 bits per heavy atom. The number of rotatable bonds is 4. The molecule has 5 heteroatoms. The van der Waals surface area contributed by atoms with Crippen molar-refractivity contribution in [1.82, 2.24) is 19.9 Å². The Morgan fingerprint density at radius 3 is 2.94 bits per heavy atom. The zero-order valence-electron chi connectivity index (χ0n) is 9.97. The van der Waals surface area contributed by atoms with Crippen LogP contribution in [0.5, 0.6) is 0 Å². The molecular weight excluding hydrogens is 216 g/mol. The van der Waals surface area contributed by atoms with E-state index < -0.39 is 0 Å². The molecule has 5 nitrogen and oxygen atoms in total. The molecule has 0 aliphatic rings. The van der Waals surface area contributed by atoms with Gasteiger partial charge in [0.15, 0.2) is 0 Å². The maximum atomic E-state index is 11.0. The Labute approximate surface area is 99.5 Å². The number of aromatic amines is 1. The highest BCUT2D eigenvalue weighted by Crippen LogP contribution is 2.18. The number of hydrogen-bond acceptors (Lipinski definition) is 3. The van der Waals surface area contributed by atoms with Crippen LogP contribution in [-0.4, -0.2) is 21.6 Å². The Hall–Kier alpha value is -1.88. The third-order valence-electron chi connectivity index (χ3n) is 2.78. The number of aryl methyl sites for hydroxylation is 1. The zero-order chi connectivity index (χ0) is 12.3. The lowest BCUT2D eigenvalue weighted by molar-refractivity contribution is 0.588. The zero-order valence-corrected chi connectivity index (χ0v) is 9.97. The molecule has 0 aromatic carbocycles. The molecule has 0 aliphatic heterocycles. The minimum Gasteiger partial charge on any atom is -0.334 e. The van der Waals surface area contributed by atoms with Crippen LogP contribution in [0.4, 0.5) is 0 Å². The first-order valence-corrected chi connectivity index (χ1v) is 5.63. The summed E-state index contributed by atoms with van der Waals surface area (Å²) in [6.07, 6.45) is 5.46. The van der Waals surface area contributed by atoms with E-state index in [1.165, 1.54) is 6.07 Å².